The number of fused-ring (bicyclic) bond motifs is 15. The molecule has 0 spiro atoms. The van der Waals surface area contributed by atoms with Crippen molar-refractivity contribution in [2.75, 3.05) is 0 Å². The average molecular weight is 759 g/mol. The number of nitrogens with zero attached hydrogens (tertiary/aromatic N) is 2. The van der Waals surface area contributed by atoms with E-state index in [0.717, 1.165) is 27.9 Å². The first-order chi connectivity index (χ1) is 28.2. The van der Waals surface area contributed by atoms with Gasteiger partial charge in [0.15, 0.2) is 5.65 Å². The minimum atomic E-state index is 1.01. The number of aromatic nitrogens is 2. The van der Waals surface area contributed by atoms with E-state index < -0.39 is 0 Å². The fourth-order valence-electron chi connectivity index (χ4n) is 9.11. The SMILES string of the molecule is c1ccc2cc3c(ccc4c3nc3c5sc6c7ccccc7ccc6c5cc(-c5ccc(-c6ccc(-c7ccc8sc9ccccc9c8c7)cc6)cc5)n43)cc2c1. The molecule has 0 aliphatic rings. The Morgan fingerprint density at radius 2 is 0.982 bits per heavy atom. The van der Waals surface area contributed by atoms with Crippen LogP contribution >= 0.6 is 22.7 Å². The largest absolute Gasteiger partial charge is 0.291 e. The van der Waals surface area contributed by atoms with Gasteiger partial charge in [-0.25, -0.2) is 4.98 Å². The number of benzene rings is 9. The predicted octanol–water partition coefficient (Wildman–Crippen LogP) is 15.7. The zero-order chi connectivity index (χ0) is 37.2. The maximum Gasteiger partial charge on any atom is 0.156 e. The molecule has 0 aliphatic carbocycles. The molecule has 0 atom stereocenters. The van der Waals surface area contributed by atoms with Gasteiger partial charge in [-0.2, -0.15) is 0 Å². The summed E-state index contributed by atoms with van der Waals surface area (Å²) in [4.78, 5) is 5.54. The molecule has 264 valence electrons. The normalized spacial score (nSPS) is 12.2. The van der Waals surface area contributed by atoms with Crippen LogP contribution in [-0.4, -0.2) is 9.38 Å². The fraction of sp³-hybridized carbons (Fsp3) is 0. The highest BCUT2D eigenvalue weighted by atomic mass is 32.1. The van der Waals surface area contributed by atoms with E-state index in [2.05, 4.69) is 186 Å². The third-order valence-electron chi connectivity index (χ3n) is 12.0. The molecule has 0 bridgehead atoms. The molecular formula is C53H30N2S2. The summed E-state index contributed by atoms with van der Waals surface area (Å²) in [5.74, 6) is 0. The Balaban J connectivity index is 0.968. The van der Waals surface area contributed by atoms with Gasteiger partial charge in [-0.3, -0.25) is 4.40 Å². The topological polar surface area (TPSA) is 17.3 Å². The molecule has 0 radical (unpaired) electrons. The Hall–Kier alpha value is -6.85. The minimum absolute atomic E-state index is 1.01. The van der Waals surface area contributed by atoms with E-state index in [0.29, 0.717) is 0 Å². The third kappa shape index (κ3) is 4.66. The maximum atomic E-state index is 5.54. The summed E-state index contributed by atoms with van der Waals surface area (Å²) in [6, 6.07) is 67.1. The number of thiophene rings is 2. The lowest BCUT2D eigenvalue weighted by molar-refractivity contribution is 1.25. The Morgan fingerprint density at radius 3 is 1.79 bits per heavy atom. The van der Waals surface area contributed by atoms with Crippen molar-refractivity contribution in [1.29, 1.82) is 0 Å². The van der Waals surface area contributed by atoms with Crippen molar-refractivity contribution < 1.29 is 0 Å². The van der Waals surface area contributed by atoms with Gasteiger partial charge in [-0.1, -0.05) is 140 Å². The minimum Gasteiger partial charge on any atom is -0.291 e. The summed E-state index contributed by atoms with van der Waals surface area (Å²) >= 11 is 3.73. The number of hydrogen-bond acceptors (Lipinski definition) is 3. The Bertz CT molecular complexity index is 3790. The molecule has 13 rings (SSSR count). The molecule has 4 heteroatoms. The summed E-state index contributed by atoms with van der Waals surface area (Å²) in [5.41, 5.74) is 10.4. The summed E-state index contributed by atoms with van der Waals surface area (Å²) < 4.78 is 7.61. The van der Waals surface area contributed by atoms with Crippen molar-refractivity contribution in [1.82, 2.24) is 9.38 Å². The monoisotopic (exact) mass is 758 g/mol. The van der Waals surface area contributed by atoms with Gasteiger partial charge in [0.25, 0.3) is 0 Å². The van der Waals surface area contributed by atoms with Crippen LogP contribution in [0, 0.1) is 0 Å². The number of rotatable bonds is 3. The number of hydrogen-bond donors (Lipinski definition) is 0. The van der Waals surface area contributed by atoms with Crippen molar-refractivity contribution in [3.05, 3.63) is 182 Å². The van der Waals surface area contributed by atoms with Crippen molar-refractivity contribution >= 4 is 112 Å². The van der Waals surface area contributed by atoms with Gasteiger partial charge in [0.1, 0.15) is 0 Å². The molecule has 13 aromatic rings. The van der Waals surface area contributed by atoms with E-state index in [1.165, 1.54) is 94.9 Å². The van der Waals surface area contributed by atoms with E-state index in [1.54, 1.807) is 0 Å². The molecule has 0 saturated heterocycles. The summed E-state index contributed by atoms with van der Waals surface area (Å²) in [6.07, 6.45) is 0. The van der Waals surface area contributed by atoms with Gasteiger partial charge < -0.3 is 0 Å². The molecule has 0 aliphatic heterocycles. The predicted molar refractivity (Wildman–Crippen MR) is 247 cm³/mol. The maximum absolute atomic E-state index is 5.54. The number of imidazole rings is 1. The summed E-state index contributed by atoms with van der Waals surface area (Å²) in [5, 5.41) is 12.6. The van der Waals surface area contributed by atoms with Crippen LogP contribution in [0.25, 0.3) is 123 Å². The zero-order valence-electron chi connectivity index (χ0n) is 30.5. The first kappa shape index (κ1) is 31.4. The molecule has 0 saturated carbocycles. The second-order valence-corrected chi connectivity index (χ2v) is 17.2. The lowest BCUT2D eigenvalue weighted by Gasteiger charge is -2.11. The summed E-state index contributed by atoms with van der Waals surface area (Å²) in [7, 11) is 0. The first-order valence-electron chi connectivity index (χ1n) is 19.4. The van der Waals surface area contributed by atoms with Crippen molar-refractivity contribution in [2.45, 2.75) is 0 Å². The average Bonchev–Trinajstić information content (AvgIpc) is 3.97. The molecule has 9 aromatic carbocycles. The van der Waals surface area contributed by atoms with Crippen LogP contribution in [0.3, 0.4) is 0 Å². The fourth-order valence-corrected chi connectivity index (χ4v) is 11.5. The molecule has 57 heavy (non-hydrogen) atoms. The van der Waals surface area contributed by atoms with E-state index in [-0.39, 0.29) is 0 Å². The van der Waals surface area contributed by atoms with Gasteiger partial charge in [0, 0.05) is 41.0 Å². The van der Waals surface area contributed by atoms with Gasteiger partial charge in [0.05, 0.1) is 21.4 Å². The van der Waals surface area contributed by atoms with Crippen LogP contribution in [0.1, 0.15) is 0 Å². The molecule has 0 fully saturated rings. The van der Waals surface area contributed by atoms with Crippen LogP contribution in [0.2, 0.25) is 0 Å². The Labute approximate surface area is 335 Å². The lowest BCUT2D eigenvalue weighted by Crippen LogP contribution is -1.93. The van der Waals surface area contributed by atoms with E-state index in [1.807, 2.05) is 22.7 Å². The zero-order valence-corrected chi connectivity index (χ0v) is 32.2. The summed E-state index contributed by atoms with van der Waals surface area (Å²) in [6.45, 7) is 0. The van der Waals surface area contributed by atoms with Gasteiger partial charge >= 0.3 is 0 Å². The molecule has 0 unspecified atom stereocenters. The molecule has 4 heterocycles. The number of pyridine rings is 1. The van der Waals surface area contributed by atoms with Crippen molar-refractivity contribution in [3.8, 4) is 33.5 Å². The highest BCUT2D eigenvalue weighted by Crippen LogP contribution is 2.44. The molecular weight excluding hydrogens is 729 g/mol. The first-order valence-corrected chi connectivity index (χ1v) is 21.0. The van der Waals surface area contributed by atoms with Crippen LogP contribution in [0.4, 0.5) is 0 Å². The Morgan fingerprint density at radius 1 is 0.351 bits per heavy atom. The molecule has 4 aromatic heterocycles. The molecule has 0 amide bonds. The Kier molecular flexibility index (Phi) is 6.51. The van der Waals surface area contributed by atoms with Crippen molar-refractivity contribution in [2.24, 2.45) is 0 Å². The standard InChI is InChI=1S/C53H30N2S2/c1-2-9-37-28-43-39(27-36(37)8-1)22-25-46-50(43)54-53-52-45(42-24-21-34-7-3-4-10-40(34)51(42)57-52)30-47(55(46)53)35-19-17-32(18-20-35)31-13-15-33(16-14-31)38-23-26-49-44(29-38)41-11-5-6-12-48(41)56-49/h1-30H. The van der Waals surface area contributed by atoms with Crippen LogP contribution in [0.15, 0.2) is 182 Å². The van der Waals surface area contributed by atoms with Gasteiger partial charge in [-0.05, 0) is 97.2 Å². The lowest BCUT2D eigenvalue weighted by atomic mass is 9.98. The quantitative estimate of drug-likeness (QED) is 0.164. The second-order valence-electron chi connectivity index (χ2n) is 15.1. The highest BCUT2D eigenvalue weighted by Gasteiger charge is 2.20. The van der Waals surface area contributed by atoms with Crippen molar-refractivity contribution in [3.63, 3.8) is 0 Å². The van der Waals surface area contributed by atoms with Gasteiger partial charge in [0.2, 0.25) is 0 Å². The highest BCUT2D eigenvalue weighted by molar-refractivity contribution is 7.27. The molecule has 0 N–H and O–H groups in total. The van der Waals surface area contributed by atoms with Gasteiger partial charge in [-0.15, -0.1) is 22.7 Å². The van der Waals surface area contributed by atoms with E-state index in [9.17, 15) is 0 Å². The van der Waals surface area contributed by atoms with Crippen LogP contribution < -0.4 is 0 Å². The van der Waals surface area contributed by atoms with E-state index in [4.69, 9.17) is 4.98 Å². The second kappa shape index (κ2) is 11.8. The van der Waals surface area contributed by atoms with E-state index >= 15 is 0 Å². The van der Waals surface area contributed by atoms with Crippen LogP contribution in [-0.2, 0) is 0 Å². The smallest absolute Gasteiger partial charge is 0.156 e. The third-order valence-corrected chi connectivity index (χ3v) is 14.4. The molecule has 2 nitrogen and oxygen atoms in total. The van der Waals surface area contributed by atoms with Crippen LogP contribution in [0.5, 0.6) is 0 Å².